The van der Waals surface area contributed by atoms with Gasteiger partial charge in [-0.2, -0.15) is 0 Å². The average molecular weight is 577 g/mol. The largest absolute Gasteiger partial charge is 0.333 e. The summed E-state index contributed by atoms with van der Waals surface area (Å²) < 4.78 is 0. The first-order valence-electron chi connectivity index (χ1n) is 12.6. The summed E-state index contributed by atoms with van der Waals surface area (Å²) >= 11 is 6.97. The van der Waals surface area contributed by atoms with Gasteiger partial charge < -0.3 is 9.80 Å². The van der Waals surface area contributed by atoms with E-state index < -0.39 is 0 Å². The molecule has 2 atom stereocenters. The summed E-state index contributed by atoms with van der Waals surface area (Å²) in [5.74, 6) is 0.355. The summed E-state index contributed by atoms with van der Waals surface area (Å²) in [5, 5.41) is 4.19. The normalized spacial score (nSPS) is 18.7. The number of carbonyl (C=O) groups excluding carboxylic acids is 2. The quantitative estimate of drug-likeness (QED) is 0.228. The van der Waals surface area contributed by atoms with E-state index in [0.717, 1.165) is 4.88 Å². The third kappa shape index (κ3) is 4.75. The molecule has 38 heavy (non-hydrogen) atoms. The van der Waals surface area contributed by atoms with Crippen molar-refractivity contribution in [3.63, 3.8) is 0 Å². The number of hydrogen-bond donors (Lipinski definition) is 0. The minimum atomic E-state index is -0.0414. The smallest absolute Gasteiger partial charge is 0.249 e. The van der Waals surface area contributed by atoms with E-state index in [2.05, 4.69) is 67.2 Å². The van der Waals surface area contributed by atoms with Crippen molar-refractivity contribution in [1.82, 2.24) is 9.80 Å². The van der Waals surface area contributed by atoms with Crippen LogP contribution in [-0.2, 0) is 29.1 Å². The summed E-state index contributed by atoms with van der Waals surface area (Å²) in [6.07, 6.45) is 1.92. The fourth-order valence-electron chi connectivity index (χ4n) is 5.55. The molecule has 0 saturated heterocycles. The third-order valence-corrected chi connectivity index (χ3v) is 11.5. The zero-order chi connectivity index (χ0) is 26.4. The number of hydrogen-bond acceptors (Lipinski definition) is 6. The number of fused-ring (bicyclic) bond motifs is 2. The molecule has 0 spiro atoms. The Morgan fingerprint density at radius 3 is 2.18 bits per heavy atom. The van der Waals surface area contributed by atoms with E-state index in [0.29, 0.717) is 38.2 Å². The van der Waals surface area contributed by atoms with E-state index in [-0.39, 0.29) is 23.7 Å². The first-order valence-corrected chi connectivity index (χ1v) is 16.0. The van der Waals surface area contributed by atoms with Crippen molar-refractivity contribution in [2.24, 2.45) is 0 Å². The van der Waals surface area contributed by atoms with Crippen molar-refractivity contribution < 1.29 is 9.59 Å². The maximum Gasteiger partial charge on any atom is 0.249 e. The molecule has 4 nitrogen and oxygen atoms in total. The molecule has 6 rings (SSSR count). The highest BCUT2D eigenvalue weighted by atomic mass is 32.1. The van der Waals surface area contributed by atoms with E-state index in [1.807, 2.05) is 9.80 Å². The Labute approximate surface area is 239 Å². The lowest BCUT2D eigenvalue weighted by molar-refractivity contribution is -0.128. The molecule has 4 aromatic rings. The zero-order valence-electron chi connectivity index (χ0n) is 21.1. The van der Waals surface area contributed by atoms with Gasteiger partial charge in [0.25, 0.3) is 0 Å². The van der Waals surface area contributed by atoms with Gasteiger partial charge in [0, 0.05) is 66.2 Å². The molecule has 0 N–H and O–H groups in total. The predicted molar refractivity (Wildman–Crippen MR) is 160 cm³/mol. The summed E-state index contributed by atoms with van der Waals surface area (Å²) in [6.45, 7) is 12.6. The number of thiophene rings is 4. The van der Waals surface area contributed by atoms with Crippen molar-refractivity contribution in [2.45, 2.75) is 38.3 Å². The van der Waals surface area contributed by atoms with Gasteiger partial charge in [-0.15, -0.1) is 45.3 Å². The van der Waals surface area contributed by atoms with E-state index in [1.165, 1.54) is 41.6 Å². The van der Waals surface area contributed by atoms with Crippen molar-refractivity contribution in [3.8, 4) is 0 Å². The van der Waals surface area contributed by atoms with Crippen molar-refractivity contribution in [3.05, 3.63) is 112 Å². The van der Waals surface area contributed by atoms with Crippen LogP contribution in [0.5, 0.6) is 0 Å². The molecule has 6 heterocycles. The van der Waals surface area contributed by atoms with Crippen LogP contribution in [0.2, 0.25) is 0 Å². The molecule has 2 aliphatic heterocycles. The Hall–Kier alpha value is -2.78. The molecule has 0 fully saturated rings. The third-order valence-electron chi connectivity index (χ3n) is 7.32. The second-order valence-electron chi connectivity index (χ2n) is 9.85. The van der Waals surface area contributed by atoms with Crippen LogP contribution >= 0.6 is 45.3 Å². The fraction of sp³-hybridized carbons (Fsp3) is 0.267. The Morgan fingerprint density at radius 2 is 1.55 bits per heavy atom. The molecule has 0 aromatic carbocycles. The SMILES string of the molecule is C=CC(=O)N1Cc2sc(CC(=C)C(=O)N3Cc4sc(C)cc4[C@@H](c4cccs4)C3)cc2[C@H](c2cccs2)C1. The molecule has 0 aliphatic carbocycles. The second-order valence-corrected chi connectivity index (χ2v) is 14.4. The van der Waals surface area contributed by atoms with Crippen molar-refractivity contribution >= 4 is 57.2 Å². The lowest BCUT2D eigenvalue weighted by atomic mass is 9.92. The van der Waals surface area contributed by atoms with Gasteiger partial charge in [0.1, 0.15) is 0 Å². The van der Waals surface area contributed by atoms with Crippen LogP contribution in [-0.4, -0.2) is 34.7 Å². The minimum absolute atomic E-state index is 0.0351. The van der Waals surface area contributed by atoms with Crippen LogP contribution in [0.3, 0.4) is 0 Å². The maximum absolute atomic E-state index is 13.7. The Balaban J connectivity index is 1.23. The molecule has 0 radical (unpaired) electrons. The molecule has 194 valence electrons. The molecule has 4 aromatic heterocycles. The first kappa shape index (κ1) is 25.5. The van der Waals surface area contributed by atoms with Crippen LogP contribution in [0, 0.1) is 6.92 Å². The second kappa shape index (κ2) is 10.4. The highest BCUT2D eigenvalue weighted by Crippen LogP contribution is 2.42. The number of nitrogens with zero attached hydrogens (tertiary/aromatic N) is 2. The lowest BCUT2D eigenvalue weighted by Crippen LogP contribution is -2.38. The van der Waals surface area contributed by atoms with Gasteiger partial charge in [0.15, 0.2) is 0 Å². The van der Waals surface area contributed by atoms with Crippen LogP contribution in [0.15, 0.2) is 72.0 Å². The van der Waals surface area contributed by atoms with Gasteiger partial charge >= 0.3 is 0 Å². The van der Waals surface area contributed by atoms with Crippen LogP contribution in [0.4, 0.5) is 0 Å². The number of aryl methyl sites for hydroxylation is 1. The van der Waals surface area contributed by atoms with Gasteiger partial charge in [0.05, 0.1) is 13.1 Å². The molecule has 2 amide bonds. The van der Waals surface area contributed by atoms with Gasteiger partial charge in [-0.1, -0.05) is 25.3 Å². The monoisotopic (exact) mass is 576 g/mol. The van der Waals surface area contributed by atoms with Crippen LogP contribution in [0.25, 0.3) is 0 Å². The van der Waals surface area contributed by atoms with Crippen molar-refractivity contribution in [2.75, 3.05) is 13.1 Å². The molecular weight excluding hydrogens is 549 g/mol. The summed E-state index contributed by atoms with van der Waals surface area (Å²) in [5.41, 5.74) is 3.26. The summed E-state index contributed by atoms with van der Waals surface area (Å²) in [7, 11) is 0. The lowest BCUT2D eigenvalue weighted by Gasteiger charge is -2.33. The van der Waals surface area contributed by atoms with E-state index in [9.17, 15) is 9.59 Å². The van der Waals surface area contributed by atoms with Crippen LogP contribution in [0.1, 0.15) is 52.2 Å². The highest BCUT2D eigenvalue weighted by Gasteiger charge is 2.34. The van der Waals surface area contributed by atoms with Gasteiger partial charge in [-0.3, -0.25) is 9.59 Å². The summed E-state index contributed by atoms with van der Waals surface area (Å²) in [6, 6.07) is 13.0. The molecule has 2 aliphatic rings. The van der Waals surface area contributed by atoms with Crippen LogP contribution < -0.4 is 0 Å². The predicted octanol–water partition coefficient (Wildman–Crippen LogP) is 7.17. The minimum Gasteiger partial charge on any atom is -0.333 e. The fourth-order valence-corrected chi connectivity index (χ4v) is 9.62. The topological polar surface area (TPSA) is 40.6 Å². The molecule has 8 heteroatoms. The summed E-state index contributed by atoms with van der Waals surface area (Å²) in [4.78, 5) is 37.5. The zero-order valence-corrected chi connectivity index (χ0v) is 24.4. The Kier molecular flexibility index (Phi) is 6.99. The number of amides is 2. The van der Waals surface area contributed by atoms with Gasteiger partial charge in [0.2, 0.25) is 11.8 Å². The maximum atomic E-state index is 13.7. The van der Waals surface area contributed by atoms with Crippen molar-refractivity contribution in [1.29, 1.82) is 0 Å². The van der Waals surface area contributed by atoms with E-state index >= 15 is 0 Å². The van der Waals surface area contributed by atoms with Gasteiger partial charge in [-0.25, -0.2) is 0 Å². The standard InChI is InChI=1S/C30H28N2O2S4/c1-4-29(33)31-14-23(25-7-5-9-35-25)22-13-20(38-28(22)16-31)11-18(2)30(34)32-15-24(26-8-6-10-36-26)21-12-19(3)37-27(21)17-32/h4-10,12-13,23-24H,1-2,11,14-17H2,3H3/t23-,24+/m1/s1. The molecule has 0 bridgehead atoms. The van der Waals surface area contributed by atoms with E-state index in [1.54, 1.807) is 45.3 Å². The highest BCUT2D eigenvalue weighted by molar-refractivity contribution is 7.12. The average Bonchev–Trinajstić information content (AvgIpc) is 3.72. The molecule has 0 unspecified atom stereocenters. The Morgan fingerprint density at radius 1 is 0.947 bits per heavy atom. The van der Waals surface area contributed by atoms with Gasteiger partial charge in [-0.05, 0) is 59.2 Å². The Bertz CT molecular complexity index is 1510. The number of carbonyl (C=O) groups is 2. The first-order chi connectivity index (χ1) is 18.4. The molecule has 0 saturated carbocycles. The molecular formula is C30H28N2O2S4. The number of rotatable bonds is 6. The van der Waals surface area contributed by atoms with E-state index in [4.69, 9.17) is 0 Å².